The van der Waals surface area contributed by atoms with Gasteiger partial charge in [-0.15, -0.1) is 0 Å². The summed E-state index contributed by atoms with van der Waals surface area (Å²) in [6.07, 6.45) is 64.7. The van der Waals surface area contributed by atoms with Gasteiger partial charge in [-0.1, -0.05) is 355 Å². The molecular formula is C83H158O17P2. The maximum absolute atomic E-state index is 13.1. The molecule has 0 radical (unpaired) electrons. The number of allylic oxidation sites excluding steroid dienone is 4. The quantitative estimate of drug-likeness (QED) is 0.0169. The molecule has 0 saturated carbocycles. The Kier molecular flexibility index (Phi) is 71.0. The van der Waals surface area contributed by atoms with E-state index in [1.165, 1.54) is 193 Å². The molecule has 17 nitrogen and oxygen atoms in total. The number of unbranched alkanes of at least 4 members (excludes halogenated alkanes) is 43. The molecule has 0 aromatic rings. The standard InChI is InChI=1S/C83H158O17P2/c1-8-10-11-12-13-14-15-16-20-27-32-37-42-50-57-64-80(85)93-70-78(99-82(87)66-60-53-44-39-34-29-24-19-22-26-31-36-41-48-55-62-75(5)6)72-97-101(89,90)95-68-77(84)69-96-102(91,92)98-73-79(71-94-81(86)65-58-51-46-45-49-56-63-76(7)9-2)100-83(88)67-59-52-43-38-33-28-23-18-17-21-25-30-35-40-47-54-61-74(3)4/h14-16,20,74-79,84H,8-13,17-19,21-73H2,1-7H3,(H,89,90)(H,91,92)/b15-14-,20-16-/t76?,77-,78-,79-/m1/s1. The van der Waals surface area contributed by atoms with Crippen LogP contribution in [0.15, 0.2) is 24.3 Å². The average Bonchev–Trinajstić information content (AvgIpc) is 0.916. The third-order valence-corrected chi connectivity index (χ3v) is 21.0. The Bertz CT molecular complexity index is 2070. The minimum atomic E-state index is -4.97. The van der Waals surface area contributed by atoms with E-state index >= 15 is 0 Å². The molecule has 0 rings (SSSR count). The first-order chi connectivity index (χ1) is 49.3. The van der Waals surface area contributed by atoms with E-state index in [0.29, 0.717) is 25.7 Å². The molecule has 102 heavy (non-hydrogen) atoms. The third kappa shape index (κ3) is 74.4. The molecular weight excluding hydrogens is 1330 g/mol. The molecule has 0 fully saturated rings. The molecule has 6 atom stereocenters. The Morgan fingerprint density at radius 3 is 0.873 bits per heavy atom. The van der Waals surface area contributed by atoms with Crippen molar-refractivity contribution < 1.29 is 80.2 Å². The highest BCUT2D eigenvalue weighted by Gasteiger charge is 2.30. The lowest BCUT2D eigenvalue weighted by atomic mass is 10.00. The van der Waals surface area contributed by atoms with Crippen molar-refractivity contribution in [3.63, 3.8) is 0 Å². The Morgan fingerprint density at radius 1 is 0.324 bits per heavy atom. The Morgan fingerprint density at radius 2 is 0.578 bits per heavy atom. The molecule has 0 aliphatic rings. The lowest BCUT2D eigenvalue weighted by Gasteiger charge is -2.21. The Balaban J connectivity index is 5.26. The van der Waals surface area contributed by atoms with Crippen molar-refractivity contribution in [2.45, 2.75) is 426 Å². The molecule has 3 unspecified atom stereocenters. The maximum atomic E-state index is 13.1. The zero-order valence-electron chi connectivity index (χ0n) is 66.6. The van der Waals surface area contributed by atoms with Gasteiger partial charge in [0.05, 0.1) is 26.4 Å². The molecule has 0 spiro atoms. The van der Waals surface area contributed by atoms with Gasteiger partial charge in [-0.25, -0.2) is 9.13 Å². The van der Waals surface area contributed by atoms with Gasteiger partial charge in [-0.3, -0.25) is 37.3 Å². The van der Waals surface area contributed by atoms with Crippen molar-refractivity contribution in [3.8, 4) is 0 Å². The van der Waals surface area contributed by atoms with E-state index < -0.39 is 97.5 Å². The predicted octanol–water partition coefficient (Wildman–Crippen LogP) is 24.5. The van der Waals surface area contributed by atoms with Crippen LogP contribution >= 0.6 is 15.6 Å². The number of ether oxygens (including phenoxy) is 4. The number of carbonyl (C=O) groups is 4. The summed E-state index contributed by atoms with van der Waals surface area (Å²) in [7, 11) is -9.94. The van der Waals surface area contributed by atoms with Gasteiger partial charge < -0.3 is 33.8 Å². The molecule has 0 aliphatic carbocycles. The number of phosphoric ester groups is 2. The van der Waals surface area contributed by atoms with Gasteiger partial charge in [0.15, 0.2) is 12.2 Å². The monoisotopic (exact) mass is 1490 g/mol. The van der Waals surface area contributed by atoms with Crippen molar-refractivity contribution in [1.82, 2.24) is 0 Å². The topological polar surface area (TPSA) is 237 Å². The summed E-state index contributed by atoms with van der Waals surface area (Å²) in [4.78, 5) is 73.1. The van der Waals surface area contributed by atoms with E-state index in [1.54, 1.807) is 0 Å². The first-order valence-electron chi connectivity index (χ1n) is 42.2. The Labute approximate surface area is 624 Å². The molecule has 0 bridgehead atoms. The fraction of sp³-hybridized carbons (Fsp3) is 0.904. The van der Waals surface area contributed by atoms with Gasteiger partial charge in [-0.05, 0) is 69.1 Å². The molecule has 0 aromatic heterocycles. The van der Waals surface area contributed by atoms with Crippen LogP contribution in [0, 0.1) is 17.8 Å². The van der Waals surface area contributed by atoms with E-state index in [4.69, 9.17) is 37.0 Å². The second kappa shape index (κ2) is 72.7. The summed E-state index contributed by atoms with van der Waals surface area (Å²) >= 11 is 0. The van der Waals surface area contributed by atoms with Gasteiger partial charge in [0.25, 0.3) is 0 Å². The summed E-state index contributed by atoms with van der Waals surface area (Å²) in [6.45, 7) is 11.9. The Hall–Kier alpha value is -2.46. The van der Waals surface area contributed by atoms with Crippen molar-refractivity contribution in [2.75, 3.05) is 39.6 Å². The average molecular weight is 1490 g/mol. The van der Waals surface area contributed by atoms with Crippen LogP contribution in [0.5, 0.6) is 0 Å². The maximum Gasteiger partial charge on any atom is 0.472 e. The van der Waals surface area contributed by atoms with E-state index in [9.17, 15) is 43.2 Å². The van der Waals surface area contributed by atoms with Gasteiger partial charge in [-0.2, -0.15) is 0 Å². The van der Waals surface area contributed by atoms with Crippen molar-refractivity contribution in [1.29, 1.82) is 0 Å². The van der Waals surface area contributed by atoms with Crippen LogP contribution in [-0.2, 0) is 65.4 Å². The zero-order chi connectivity index (χ0) is 75.1. The smallest absolute Gasteiger partial charge is 0.462 e. The van der Waals surface area contributed by atoms with Crippen molar-refractivity contribution in [2.24, 2.45) is 17.8 Å². The molecule has 602 valence electrons. The van der Waals surface area contributed by atoms with Crippen LogP contribution in [0.2, 0.25) is 0 Å². The lowest BCUT2D eigenvalue weighted by Crippen LogP contribution is -2.30. The number of hydrogen-bond donors (Lipinski definition) is 3. The van der Waals surface area contributed by atoms with Crippen LogP contribution in [0.4, 0.5) is 0 Å². The first kappa shape index (κ1) is 99.5. The van der Waals surface area contributed by atoms with Crippen LogP contribution in [0.3, 0.4) is 0 Å². The number of rotatable bonds is 79. The number of aliphatic hydroxyl groups excluding tert-OH is 1. The summed E-state index contributed by atoms with van der Waals surface area (Å²) in [6, 6.07) is 0. The highest BCUT2D eigenvalue weighted by Crippen LogP contribution is 2.45. The molecule has 0 saturated heterocycles. The summed E-state index contributed by atoms with van der Waals surface area (Å²) in [5, 5.41) is 10.7. The molecule has 19 heteroatoms. The normalized spacial score (nSPS) is 14.4. The van der Waals surface area contributed by atoms with Crippen LogP contribution in [0.25, 0.3) is 0 Å². The fourth-order valence-corrected chi connectivity index (χ4v) is 13.8. The number of esters is 4. The minimum absolute atomic E-state index is 0.101. The number of phosphoric acid groups is 2. The SMILES string of the molecule is CCCCCC/C=C\C=C/CCCCCCCC(=O)OC[C@H](COP(=O)(O)OC[C@@H](O)COP(=O)(O)OC[C@@H](COC(=O)CCCCCCCCC(C)CC)OC(=O)CCCCCCCCCCCCCCCCCCC(C)C)OC(=O)CCCCCCCCCCCCCCCCCC(C)C. The number of aliphatic hydroxyl groups is 1. The molecule has 0 heterocycles. The van der Waals surface area contributed by atoms with E-state index in [2.05, 4.69) is 72.8 Å². The second-order valence-electron chi connectivity index (χ2n) is 30.4. The van der Waals surface area contributed by atoms with Gasteiger partial charge in [0, 0.05) is 25.7 Å². The van der Waals surface area contributed by atoms with Crippen molar-refractivity contribution in [3.05, 3.63) is 24.3 Å². The largest absolute Gasteiger partial charge is 0.472 e. The zero-order valence-corrected chi connectivity index (χ0v) is 68.4. The highest BCUT2D eigenvalue weighted by molar-refractivity contribution is 7.47. The predicted molar refractivity (Wildman–Crippen MR) is 418 cm³/mol. The summed E-state index contributed by atoms with van der Waals surface area (Å²) < 4.78 is 68.7. The van der Waals surface area contributed by atoms with E-state index in [1.807, 2.05) is 0 Å². The summed E-state index contributed by atoms with van der Waals surface area (Å²) in [5.41, 5.74) is 0. The molecule has 0 aliphatic heterocycles. The lowest BCUT2D eigenvalue weighted by molar-refractivity contribution is -0.161. The fourth-order valence-electron chi connectivity index (χ4n) is 12.3. The number of hydrogen-bond acceptors (Lipinski definition) is 15. The number of carbonyl (C=O) groups excluding carboxylic acids is 4. The highest BCUT2D eigenvalue weighted by atomic mass is 31.2. The molecule has 0 aromatic carbocycles. The van der Waals surface area contributed by atoms with Gasteiger partial charge in [0.2, 0.25) is 0 Å². The van der Waals surface area contributed by atoms with Crippen LogP contribution in [0.1, 0.15) is 408 Å². The molecule has 3 N–H and O–H groups in total. The second-order valence-corrected chi connectivity index (χ2v) is 33.3. The van der Waals surface area contributed by atoms with E-state index in [-0.39, 0.29) is 25.7 Å². The summed E-state index contributed by atoms with van der Waals surface area (Å²) in [5.74, 6) is 0.198. The third-order valence-electron chi connectivity index (χ3n) is 19.1. The first-order valence-corrected chi connectivity index (χ1v) is 45.2. The van der Waals surface area contributed by atoms with Gasteiger partial charge in [0.1, 0.15) is 19.3 Å². The molecule has 0 amide bonds. The van der Waals surface area contributed by atoms with Crippen LogP contribution in [-0.4, -0.2) is 96.7 Å². The minimum Gasteiger partial charge on any atom is -0.462 e. The van der Waals surface area contributed by atoms with Gasteiger partial charge >= 0.3 is 39.5 Å². The van der Waals surface area contributed by atoms with E-state index in [0.717, 1.165) is 133 Å². The van der Waals surface area contributed by atoms with Crippen molar-refractivity contribution >= 4 is 39.5 Å². The van der Waals surface area contributed by atoms with Crippen LogP contribution < -0.4 is 0 Å².